The Bertz CT molecular complexity index is 532. The lowest BCUT2D eigenvalue weighted by atomic mass is 10.2. The summed E-state index contributed by atoms with van der Waals surface area (Å²) < 4.78 is 26.5. The zero-order valence-corrected chi connectivity index (χ0v) is 11.2. The SMILES string of the molecule is C#CCC(CC)NS(=O)(=O)Cc1cccc(N)c1. The maximum atomic E-state index is 11.9. The average Bonchev–Trinajstić information content (AvgIpc) is 2.27. The van der Waals surface area contributed by atoms with Gasteiger partial charge in [0.2, 0.25) is 10.0 Å². The fourth-order valence-electron chi connectivity index (χ4n) is 1.61. The first-order valence-electron chi connectivity index (χ1n) is 5.74. The summed E-state index contributed by atoms with van der Waals surface area (Å²) >= 11 is 0. The first-order chi connectivity index (χ1) is 8.46. The quantitative estimate of drug-likeness (QED) is 0.605. The Morgan fingerprint density at radius 2 is 2.22 bits per heavy atom. The zero-order valence-electron chi connectivity index (χ0n) is 10.4. The van der Waals surface area contributed by atoms with Gasteiger partial charge in [-0.2, -0.15) is 0 Å². The van der Waals surface area contributed by atoms with Gasteiger partial charge in [-0.3, -0.25) is 0 Å². The minimum absolute atomic E-state index is 0.0842. The molecule has 3 N–H and O–H groups in total. The van der Waals surface area contributed by atoms with Gasteiger partial charge < -0.3 is 5.73 Å². The number of anilines is 1. The molecule has 4 nitrogen and oxygen atoms in total. The van der Waals surface area contributed by atoms with Crippen LogP contribution >= 0.6 is 0 Å². The first kappa shape index (κ1) is 14.6. The Morgan fingerprint density at radius 1 is 1.50 bits per heavy atom. The standard InChI is InChI=1S/C13H18N2O2S/c1-3-6-13(4-2)15-18(16,17)10-11-7-5-8-12(14)9-11/h1,5,7-9,13,15H,4,6,10,14H2,2H3. The molecule has 0 saturated heterocycles. The summed E-state index contributed by atoms with van der Waals surface area (Å²) in [5.74, 6) is 2.38. The summed E-state index contributed by atoms with van der Waals surface area (Å²) in [5.41, 5.74) is 6.83. The molecule has 0 aliphatic rings. The minimum Gasteiger partial charge on any atom is -0.399 e. The molecule has 0 saturated carbocycles. The molecular weight excluding hydrogens is 248 g/mol. The van der Waals surface area contributed by atoms with Crippen LogP contribution in [0.15, 0.2) is 24.3 Å². The van der Waals surface area contributed by atoms with Crippen LogP contribution in [0, 0.1) is 12.3 Å². The Hall–Kier alpha value is -1.51. The highest BCUT2D eigenvalue weighted by molar-refractivity contribution is 7.88. The maximum absolute atomic E-state index is 11.9. The van der Waals surface area contributed by atoms with E-state index < -0.39 is 10.0 Å². The highest BCUT2D eigenvalue weighted by Crippen LogP contribution is 2.10. The number of nitrogens with one attached hydrogen (secondary N) is 1. The molecule has 0 aliphatic carbocycles. The van der Waals surface area contributed by atoms with Gasteiger partial charge in [-0.25, -0.2) is 13.1 Å². The molecule has 0 bridgehead atoms. The predicted octanol–water partition coefficient (Wildman–Crippen LogP) is 1.49. The lowest BCUT2D eigenvalue weighted by Gasteiger charge is -2.14. The van der Waals surface area contributed by atoms with Crippen LogP contribution < -0.4 is 10.5 Å². The second kappa shape index (κ2) is 6.43. The molecule has 0 heterocycles. The summed E-state index contributed by atoms with van der Waals surface area (Å²) in [6.45, 7) is 1.89. The van der Waals surface area contributed by atoms with Gasteiger partial charge in [0.05, 0.1) is 5.75 Å². The van der Waals surface area contributed by atoms with Crippen LogP contribution in [-0.2, 0) is 15.8 Å². The maximum Gasteiger partial charge on any atom is 0.216 e. The smallest absolute Gasteiger partial charge is 0.216 e. The monoisotopic (exact) mass is 266 g/mol. The van der Waals surface area contributed by atoms with Crippen molar-refractivity contribution < 1.29 is 8.42 Å². The van der Waals surface area contributed by atoms with E-state index in [-0.39, 0.29) is 11.8 Å². The zero-order chi connectivity index (χ0) is 13.6. The van der Waals surface area contributed by atoms with E-state index in [4.69, 9.17) is 12.2 Å². The Labute approximate surface area is 109 Å². The van der Waals surface area contributed by atoms with Gasteiger partial charge in [-0.1, -0.05) is 19.1 Å². The number of nitrogen functional groups attached to an aromatic ring is 1. The van der Waals surface area contributed by atoms with Crippen molar-refractivity contribution in [1.29, 1.82) is 0 Å². The van der Waals surface area contributed by atoms with E-state index >= 15 is 0 Å². The van der Waals surface area contributed by atoms with E-state index in [0.717, 1.165) is 0 Å². The molecule has 0 radical (unpaired) electrons. The Kier molecular flexibility index (Phi) is 5.20. The van der Waals surface area contributed by atoms with Crippen LogP contribution in [0.25, 0.3) is 0 Å². The van der Waals surface area contributed by atoms with Gasteiger partial charge in [-0.05, 0) is 24.1 Å². The summed E-state index contributed by atoms with van der Waals surface area (Å²) in [6, 6.07) is 6.63. The van der Waals surface area contributed by atoms with Gasteiger partial charge in [-0.15, -0.1) is 12.3 Å². The van der Waals surface area contributed by atoms with Crippen molar-refractivity contribution >= 4 is 15.7 Å². The third-order valence-corrected chi connectivity index (χ3v) is 3.92. The van der Waals surface area contributed by atoms with Gasteiger partial charge in [0.25, 0.3) is 0 Å². The molecule has 0 fully saturated rings. The van der Waals surface area contributed by atoms with Crippen LogP contribution in [0.4, 0.5) is 5.69 Å². The topological polar surface area (TPSA) is 72.2 Å². The van der Waals surface area contributed by atoms with E-state index in [9.17, 15) is 8.42 Å². The summed E-state index contributed by atoms with van der Waals surface area (Å²) in [7, 11) is -3.39. The van der Waals surface area contributed by atoms with Gasteiger partial charge >= 0.3 is 0 Å². The highest BCUT2D eigenvalue weighted by atomic mass is 32.2. The lowest BCUT2D eigenvalue weighted by Crippen LogP contribution is -2.34. The summed E-state index contributed by atoms with van der Waals surface area (Å²) in [5, 5.41) is 0. The predicted molar refractivity (Wildman–Crippen MR) is 74.1 cm³/mol. The van der Waals surface area contributed by atoms with Crippen molar-refractivity contribution in [3.8, 4) is 12.3 Å². The van der Waals surface area contributed by atoms with Crippen LogP contribution in [-0.4, -0.2) is 14.5 Å². The van der Waals surface area contributed by atoms with Crippen molar-refractivity contribution in [2.45, 2.75) is 31.6 Å². The van der Waals surface area contributed by atoms with Crippen molar-refractivity contribution in [3.63, 3.8) is 0 Å². The Balaban J connectivity index is 2.73. The first-order valence-corrected chi connectivity index (χ1v) is 7.40. The Morgan fingerprint density at radius 3 is 2.78 bits per heavy atom. The number of rotatable bonds is 6. The number of hydrogen-bond acceptors (Lipinski definition) is 3. The number of terminal acetylenes is 1. The molecular formula is C13H18N2O2S. The fourth-order valence-corrected chi connectivity index (χ4v) is 3.07. The number of hydrogen-bond donors (Lipinski definition) is 2. The molecule has 5 heteroatoms. The molecule has 18 heavy (non-hydrogen) atoms. The van der Waals surface area contributed by atoms with Gasteiger partial charge in [0, 0.05) is 18.2 Å². The molecule has 1 atom stereocenters. The van der Waals surface area contributed by atoms with Crippen LogP contribution in [0.5, 0.6) is 0 Å². The molecule has 0 aromatic heterocycles. The lowest BCUT2D eigenvalue weighted by molar-refractivity contribution is 0.543. The van der Waals surface area contributed by atoms with Crippen LogP contribution in [0.1, 0.15) is 25.3 Å². The molecule has 0 amide bonds. The molecule has 1 aromatic carbocycles. The van der Waals surface area contributed by atoms with Crippen molar-refractivity contribution in [3.05, 3.63) is 29.8 Å². The average molecular weight is 266 g/mol. The normalized spacial score (nSPS) is 12.9. The van der Waals surface area contributed by atoms with Crippen molar-refractivity contribution in [2.24, 2.45) is 0 Å². The largest absolute Gasteiger partial charge is 0.399 e. The van der Waals surface area contributed by atoms with Crippen LogP contribution in [0.3, 0.4) is 0 Å². The minimum atomic E-state index is -3.39. The third kappa shape index (κ3) is 4.78. The van der Waals surface area contributed by atoms with E-state index in [1.54, 1.807) is 24.3 Å². The van der Waals surface area contributed by atoms with Crippen molar-refractivity contribution in [2.75, 3.05) is 5.73 Å². The highest BCUT2D eigenvalue weighted by Gasteiger charge is 2.16. The van der Waals surface area contributed by atoms with E-state index in [1.165, 1.54) is 0 Å². The molecule has 0 spiro atoms. The van der Waals surface area contributed by atoms with Gasteiger partial charge in [0.15, 0.2) is 0 Å². The van der Waals surface area contributed by atoms with Crippen LogP contribution in [0.2, 0.25) is 0 Å². The number of sulfonamides is 1. The van der Waals surface area contributed by atoms with E-state index in [1.807, 2.05) is 6.92 Å². The number of nitrogens with two attached hydrogens (primary N) is 1. The van der Waals surface area contributed by atoms with E-state index in [0.29, 0.717) is 24.1 Å². The second-order valence-corrected chi connectivity index (χ2v) is 5.89. The molecule has 0 aliphatic heterocycles. The van der Waals surface area contributed by atoms with Crippen molar-refractivity contribution in [1.82, 2.24) is 4.72 Å². The molecule has 1 aromatic rings. The van der Waals surface area contributed by atoms with E-state index in [2.05, 4.69) is 10.6 Å². The molecule has 1 rings (SSSR count). The summed E-state index contributed by atoms with van der Waals surface area (Å²) in [6.07, 6.45) is 6.26. The fraction of sp³-hybridized carbons (Fsp3) is 0.385. The number of benzene rings is 1. The molecule has 98 valence electrons. The molecule has 1 unspecified atom stereocenters. The third-order valence-electron chi connectivity index (χ3n) is 2.51. The second-order valence-electron chi connectivity index (χ2n) is 4.14. The summed E-state index contributed by atoms with van der Waals surface area (Å²) in [4.78, 5) is 0. The van der Waals surface area contributed by atoms with Gasteiger partial charge in [0.1, 0.15) is 0 Å².